The van der Waals surface area contributed by atoms with Crippen molar-refractivity contribution < 1.29 is 0 Å². The highest BCUT2D eigenvalue weighted by Gasteiger charge is 2.19. The molecule has 4 heteroatoms. The van der Waals surface area contributed by atoms with Gasteiger partial charge < -0.3 is 4.57 Å². The Hall–Kier alpha value is -3.37. The van der Waals surface area contributed by atoms with Gasteiger partial charge in [0.05, 0.1) is 12.6 Å². The van der Waals surface area contributed by atoms with Crippen LogP contribution < -0.4 is 0 Å². The van der Waals surface area contributed by atoms with E-state index >= 15 is 0 Å². The first-order chi connectivity index (χ1) is 11.6. The summed E-state index contributed by atoms with van der Waals surface area (Å²) in [5.41, 5.74) is 5.82. The van der Waals surface area contributed by atoms with Gasteiger partial charge in [-0.3, -0.25) is 0 Å². The van der Waals surface area contributed by atoms with E-state index in [1.807, 2.05) is 55.9 Å². The highest BCUT2D eigenvalue weighted by atomic mass is 15.0. The van der Waals surface area contributed by atoms with Crippen molar-refractivity contribution in [2.45, 2.75) is 13.8 Å². The number of rotatable bonds is 2. The van der Waals surface area contributed by atoms with Crippen LogP contribution in [-0.2, 0) is 7.05 Å². The summed E-state index contributed by atoms with van der Waals surface area (Å²) in [5.74, 6) is 0.745. The quantitative estimate of drug-likeness (QED) is 0.638. The van der Waals surface area contributed by atoms with Gasteiger partial charge in [0.25, 0.3) is 0 Å². The number of benzene rings is 2. The van der Waals surface area contributed by atoms with E-state index in [0.29, 0.717) is 11.3 Å². The first kappa shape index (κ1) is 15.5. The molecule has 0 fully saturated rings. The van der Waals surface area contributed by atoms with Crippen LogP contribution in [0.2, 0.25) is 0 Å². The van der Waals surface area contributed by atoms with Crippen molar-refractivity contribution in [3.05, 3.63) is 70.8 Å². The molecular weight excluding hydrogens is 296 g/mol. The molecule has 0 atom stereocenters. The summed E-state index contributed by atoms with van der Waals surface area (Å²) in [6, 6.07) is 11.7. The van der Waals surface area contributed by atoms with Crippen molar-refractivity contribution in [1.82, 2.24) is 9.55 Å². The number of aryl methyl sites for hydroxylation is 3. The van der Waals surface area contributed by atoms with Crippen LogP contribution in [0.25, 0.3) is 27.4 Å². The fourth-order valence-corrected chi connectivity index (χ4v) is 3.05. The maximum atomic E-state index is 9.34. The second kappa shape index (κ2) is 6.02. The second-order valence-corrected chi connectivity index (χ2v) is 5.77. The molecule has 0 saturated heterocycles. The van der Waals surface area contributed by atoms with Crippen LogP contribution in [0.5, 0.6) is 0 Å². The van der Waals surface area contributed by atoms with Crippen molar-refractivity contribution in [2.24, 2.45) is 7.05 Å². The van der Waals surface area contributed by atoms with E-state index in [4.69, 9.17) is 6.57 Å². The topological polar surface area (TPSA) is 46.0 Å². The van der Waals surface area contributed by atoms with E-state index in [0.717, 1.165) is 33.6 Å². The summed E-state index contributed by atoms with van der Waals surface area (Å²) < 4.78 is 1.90. The molecule has 24 heavy (non-hydrogen) atoms. The molecule has 0 radical (unpaired) electrons. The molecule has 1 aromatic heterocycles. The second-order valence-electron chi connectivity index (χ2n) is 5.77. The molecule has 0 saturated carbocycles. The van der Waals surface area contributed by atoms with Crippen molar-refractivity contribution in [1.29, 1.82) is 5.26 Å². The number of hydrogen-bond acceptors (Lipinski definition) is 2. The predicted molar refractivity (Wildman–Crippen MR) is 94.5 cm³/mol. The molecule has 1 heterocycles. The summed E-state index contributed by atoms with van der Waals surface area (Å²) >= 11 is 0. The average Bonchev–Trinajstić information content (AvgIpc) is 3.00. The minimum absolute atomic E-state index is 0.467. The molecule has 116 valence electrons. The third-order valence-electron chi connectivity index (χ3n) is 4.16. The van der Waals surface area contributed by atoms with Crippen LogP contribution in [0.15, 0.2) is 42.7 Å². The van der Waals surface area contributed by atoms with E-state index < -0.39 is 0 Å². The van der Waals surface area contributed by atoms with E-state index in [-0.39, 0.29) is 0 Å². The lowest BCUT2D eigenvalue weighted by Gasteiger charge is -2.17. The normalized spacial score (nSPS) is 10.2. The van der Waals surface area contributed by atoms with Crippen LogP contribution >= 0.6 is 0 Å². The van der Waals surface area contributed by atoms with Gasteiger partial charge in [-0.05, 0) is 48.2 Å². The van der Waals surface area contributed by atoms with E-state index in [2.05, 4.69) is 15.9 Å². The highest BCUT2D eigenvalue weighted by Crippen LogP contribution is 2.42. The van der Waals surface area contributed by atoms with Crippen molar-refractivity contribution >= 4 is 5.69 Å². The Balaban J connectivity index is 2.48. The molecule has 0 spiro atoms. The molecule has 0 aliphatic carbocycles. The largest absolute Gasteiger partial charge is 0.334 e. The van der Waals surface area contributed by atoms with E-state index in [1.54, 1.807) is 12.3 Å². The van der Waals surface area contributed by atoms with Crippen LogP contribution in [-0.4, -0.2) is 9.55 Å². The molecule has 0 N–H and O–H groups in total. The minimum Gasteiger partial charge on any atom is -0.334 e. The fourth-order valence-electron chi connectivity index (χ4n) is 3.05. The monoisotopic (exact) mass is 312 g/mol. The van der Waals surface area contributed by atoms with Crippen LogP contribution in [0, 0.1) is 31.8 Å². The summed E-state index contributed by atoms with van der Waals surface area (Å²) in [6.45, 7) is 11.7. The summed E-state index contributed by atoms with van der Waals surface area (Å²) in [4.78, 5) is 8.13. The number of aromatic nitrogens is 2. The molecule has 0 bridgehead atoms. The number of nitrogens with zero attached hydrogens (tertiary/aromatic N) is 4. The fraction of sp³-hybridized carbons (Fsp3) is 0.150. The van der Waals surface area contributed by atoms with Crippen molar-refractivity contribution in [2.75, 3.05) is 0 Å². The first-order valence-corrected chi connectivity index (χ1v) is 7.56. The Kier molecular flexibility index (Phi) is 3.90. The Morgan fingerprint density at radius 1 is 1.17 bits per heavy atom. The molecule has 0 aliphatic heterocycles. The third-order valence-corrected chi connectivity index (χ3v) is 4.16. The third kappa shape index (κ3) is 2.45. The van der Waals surface area contributed by atoms with E-state index in [1.165, 1.54) is 0 Å². The Bertz CT molecular complexity index is 993. The molecule has 3 rings (SSSR count). The lowest BCUT2D eigenvalue weighted by Crippen LogP contribution is -1.97. The zero-order chi connectivity index (χ0) is 17.3. The van der Waals surface area contributed by atoms with Gasteiger partial charge in [0.15, 0.2) is 5.69 Å². The molecule has 0 unspecified atom stereocenters. The van der Waals surface area contributed by atoms with Crippen LogP contribution in [0.1, 0.15) is 16.7 Å². The molecule has 2 aromatic carbocycles. The Morgan fingerprint density at radius 2 is 1.88 bits per heavy atom. The van der Waals surface area contributed by atoms with Crippen LogP contribution in [0.4, 0.5) is 5.69 Å². The molecule has 0 aliphatic rings. The van der Waals surface area contributed by atoms with Gasteiger partial charge in [0, 0.05) is 30.6 Å². The molecule has 0 amide bonds. The zero-order valence-electron chi connectivity index (χ0n) is 13.8. The first-order valence-electron chi connectivity index (χ1n) is 7.56. The van der Waals surface area contributed by atoms with Gasteiger partial charge in [-0.25, -0.2) is 9.83 Å². The van der Waals surface area contributed by atoms with E-state index in [9.17, 15) is 5.26 Å². The highest BCUT2D eigenvalue weighted by molar-refractivity contribution is 5.94. The van der Waals surface area contributed by atoms with Gasteiger partial charge in [0.1, 0.15) is 5.82 Å². The maximum Gasteiger partial charge on any atom is 0.196 e. The molecule has 4 nitrogen and oxygen atoms in total. The number of imidazole rings is 1. The standard InChI is InChI=1S/C20H16N4/c1-13-6-5-7-14(2)18(13)19-16(20-23-8-9-24(20)4)10-15(12-21)11-17(19)22-3/h5-11H,1-2,4H3. The van der Waals surface area contributed by atoms with Gasteiger partial charge in [0.2, 0.25) is 0 Å². The minimum atomic E-state index is 0.467. The zero-order valence-corrected chi connectivity index (χ0v) is 13.8. The van der Waals surface area contributed by atoms with Gasteiger partial charge in [-0.2, -0.15) is 5.26 Å². The Morgan fingerprint density at radius 3 is 2.42 bits per heavy atom. The smallest absolute Gasteiger partial charge is 0.196 e. The number of hydrogen-bond donors (Lipinski definition) is 0. The summed E-state index contributed by atoms with van der Waals surface area (Å²) in [5, 5.41) is 9.34. The van der Waals surface area contributed by atoms with Crippen LogP contribution in [0.3, 0.4) is 0 Å². The summed E-state index contributed by atoms with van der Waals surface area (Å²) in [6.07, 6.45) is 3.58. The van der Waals surface area contributed by atoms with Crippen molar-refractivity contribution in [3.8, 4) is 28.6 Å². The predicted octanol–water partition coefficient (Wildman–Crippen LogP) is 4.79. The Labute approximate surface area is 141 Å². The molecule has 3 aromatic rings. The van der Waals surface area contributed by atoms with Gasteiger partial charge >= 0.3 is 0 Å². The lowest BCUT2D eigenvalue weighted by atomic mass is 9.89. The lowest BCUT2D eigenvalue weighted by molar-refractivity contribution is 0.925. The molecular formula is C20H16N4. The number of nitriles is 1. The van der Waals surface area contributed by atoms with Gasteiger partial charge in [-0.1, -0.05) is 18.2 Å². The SMILES string of the molecule is [C-]#[N+]c1cc(C#N)cc(-c2nccn2C)c1-c1c(C)cccc1C. The summed E-state index contributed by atoms with van der Waals surface area (Å²) in [7, 11) is 1.91. The van der Waals surface area contributed by atoms with Gasteiger partial charge in [-0.15, -0.1) is 0 Å². The average molecular weight is 312 g/mol. The maximum absolute atomic E-state index is 9.34. The van der Waals surface area contributed by atoms with Crippen molar-refractivity contribution in [3.63, 3.8) is 0 Å².